The molecule has 1 saturated carbocycles. The molecule has 0 amide bonds. The molecule has 0 radical (unpaired) electrons. The van der Waals surface area contributed by atoms with Crippen LogP contribution in [0.15, 0.2) is 17.5 Å². The van der Waals surface area contributed by atoms with Crippen LogP contribution in [0.1, 0.15) is 37.5 Å². The van der Waals surface area contributed by atoms with Crippen LogP contribution in [-0.2, 0) is 6.42 Å². The first kappa shape index (κ1) is 11.2. The van der Waals surface area contributed by atoms with Crippen molar-refractivity contribution in [3.8, 4) is 0 Å². The van der Waals surface area contributed by atoms with Gasteiger partial charge in [0.25, 0.3) is 0 Å². The second-order valence-corrected chi connectivity index (χ2v) is 5.59. The molecule has 1 unspecified atom stereocenters. The molecule has 0 aliphatic heterocycles. The molecule has 1 aromatic rings. The zero-order valence-corrected chi connectivity index (χ0v) is 10.4. The summed E-state index contributed by atoms with van der Waals surface area (Å²) in [5, 5.41) is 5.79. The van der Waals surface area contributed by atoms with Crippen LogP contribution in [0.5, 0.6) is 0 Å². The van der Waals surface area contributed by atoms with E-state index in [1.54, 1.807) is 0 Å². The Morgan fingerprint density at radius 3 is 3.00 bits per heavy atom. The second kappa shape index (κ2) is 5.66. The van der Waals surface area contributed by atoms with Gasteiger partial charge in [-0.1, -0.05) is 25.8 Å². The normalized spacial score (nSPS) is 17.9. The topological polar surface area (TPSA) is 12.0 Å². The fourth-order valence-corrected chi connectivity index (χ4v) is 2.87. The van der Waals surface area contributed by atoms with Crippen LogP contribution in [0.4, 0.5) is 0 Å². The van der Waals surface area contributed by atoms with Crippen LogP contribution in [0.3, 0.4) is 0 Å². The van der Waals surface area contributed by atoms with Crippen molar-refractivity contribution >= 4 is 11.3 Å². The lowest BCUT2D eigenvalue weighted by atomic mass is 10.0. The lowest BCUT2D eigenvalue weighted by Gasteiger charge is -2.16. The standard InChI is InChI=1S/C13H21NS/c1-2-14-12(8-7-11-5-6-11)10-13-4-3-9-15-13/h3-4,9,11-12,14H,2,5-8,10H2,1H3. The van der Waals surface area contributed by atoms with Gasteiger partial charge in [0, 0.05) is 10.9 Å². The molecule has 1 aliphatic rings. The summed E-state index contributed by atoms with van der Waals surface area (Å²) in [6.45, 7) is 3.30. The van der Waals surface area contributed by atoms with Crippen molar-refractivity contribution < 1.29 is 0 Å². The van der Waals surface area contributed by atoms with Crippen molar-refractivity contribution in [2.45, 2.75) is 45.1 Å². The average molecular weight is 223 g/mol. The van der Waals surface area contributed by atoms with E-state index in [-0.39, 0.29) is 0 Å². The molecule has 1 aliphatic carbocycles. The molecule has 1 N–H and O–H groups in total. The Morgan fingerprint density at radius 2 is 2.40 bits per heavy atom. The number of thiophene rings is 1. The lowest BCUT2D eigenvalue weighted by Crippen LogP contribution is -2.30. The second-order valence-electron chi connectivity index (χ2n) is 4.56. The van der Waals surface area contributed by atoms with Gasteiger partial charge < -0.3 is 5.32 Å². The maximum atomic E-state index is 3.61. The smallest absolute Gasteiger partial charge is 0.0115 e. The van der Waals surface area contributed by atoms with Crippen molar-refractivity contribution in [2.75, 3.05) is 6.54 Å². The molecule has 1 nitrogen and oxygen atoms in total. The van der Waals surface area contributed by atoms with E-state index < -0.39 is 0 Å². The van der Waals surface area contributed by atoms with Crippen LogP contribution in [-0.4, -0.2) is 12.6 Å². The highest BCUT2D eigenvalue weighted by atomic mass is 32.1. The number of rotatable bonds is 7. The number of likely N-dealkylation sites (N-methyl/N-ethyl adjacent to an activating group) is 1. The Morgan fingerprint density at radius 1 is 1.53 bits per heavy atom. The first-order valence-electron chi connectivity index (χ1n) is 6.14. The Kier molecular flexibility index (Phi) is 4.21. The van der Waals surface area contributed by atoms with E-state index in [0.29, 0.717) is 6.04 Å². The van der Waals surface area contributed by atoms with Gasteiger partial charge in [-0.05, 0) is 43.2 Å². The molecule has 0 aromatic carbocycles. The summed E-state index contributed by atoms with van der Waals surface area (Å²) in [7, 11) is 0. The van der Waals surface area contributed by atoms with Crippen LogP contribution in [0.2, 0.25) is 0 Å². The fourth-order valence-electron chi connectivity index (χ4n) is 2.08. The van der Waals surface area contributed by atoms with Gasteiger partial charge >= 0.3 is 0 Å². The van der Waals surface area contributed by atoms with E-state index in [4.69, 9.17) is 0 Å². The highest BCUT2D eigenvalue weighted by Gasteiger charge is 2.22. The molecule has 2 rings (SSSR count). The molecule has 84 valence electrons. The maximum Gasteiger partial charge on any atom is 0.0115 e. The summed E-state index contributed by atoms with van der Waals surface area (Å²) >= 11 is 1.89. The number of hydrogen-bond donors (Lipinski definition) is 1. The summed E-state index contributed by atoms with van der Waals surface area (Å²) in [4.78, 5) is 1.52. The third-order valence-corrected chi connectivity index (χ3v) is 4.04. The minimum absolute atomic E-state index is 0.703. The zero-order chi connectivity index (χ0) is 10.5. The minimum atomic E-state index is 0.703. The molecule has 0 saturated heterocycles. The summed E-state index contributed by atoms with van der Waals surface area (Å²) in [5.41, 5.74) is 0. The van der Waals surface area contributed by atoms with E-state index in [1.165, 1.54) is 37.0 Å². The Hall–Kier alpha value is -0.340. The largest absolute Gasteiger partial charge is 0.314 e. The van der Waals surface area contributed by atoms with Crippen LogP contribution < -0.4 is 5.32 Å². The molecule has 1 fully saturated rings. The van der Waals surface area contributed by atoms with Crippen molar-refractivity contribution in [3.05, 3.63) is 22.4 Å². The third kappa shape index (κ3) is 3.96. The summed E-state index contributed by atoms with van der Waals surface area (Å²) in [6.07, 6.45) is 6.98. The van der Waals surface area contributed by atoms with Crippen molar-refractivity contribution in [2.24, 2.45) is 5.92 Å². The molecule has 1 heterocycles. The maximum absolute atomic E-state index is 3.61. The molecular formula is C13H21NS. The first-order chi connectivity index (χ1) is 7.38. The average Bonchev–Trinajstić information content (AvgIpc) is 2.93. The highest BCUT2D eigenvalue weighted by Crippen LogP contribution is 2.34. The van der Waals surface area contributed by atoms with E-state index in [2.05, 4.69) is 29.8 Å². The molecule has 1 atom stereocenters. The minimum Gasteiger partial charge on any atom is -0.314 e. The molecule has 2 heteroatoms. The lowest BCUT2D eigenvalue weighted by molar-refractivity contribution is 0.465. The van der Waals surface area contributed by atoms with Gasteiger partial charge in [-0.2, -0.15) is 0 Å². The third-order valence-electron chi connectivity index (χ3n) is 3.14. The Bertz CT molecular complexity index is 264. The predicted octanol–water partition coefficient (Wildman–Crippen LogP) is 3.46. The van der Waals surface area contributed by atoms with Crippen LogP contribution in [0, 0.1) is 5.92 Å². The molecule has 15 heavy (non-hydrogen) atoms. The van der Waals surface area contributed by atoms with E-state index >= 15 is 0 Å². The molecule has 0 bridgehead atoms. The predicted molar refractivity (Wildman–Crippen MR) is 67.4 cm³/mol. The first-order valence-corrected chi connectivity index (χ1v) is 7.02. The van der Waals surface area contributed by atoms with Gasteiger partial charge in [-0.3, -0.25) is 0 Å². The van der Waals surface area contributed by atoms with E-state index in [0.717, 1.165) is 12.5 Å². The van der Waals surface area contributed by atoms with Gasteiger partial charge in [-0.25, -0.2) is 0 Å². The van der Waals surface area contributed by atoms with Crippen LogP contribution >= 0.6 is 11.3 Å². The van der Waals surface area contributed by atoms with Crippen molar-refractivity contribution in [3.63, 3.8) is 0 Å². The molecule has 1 aromatic heterocycles. The Balaban J connectivity index is 1.76. The highest BCUT2D eigenvalue weighted by molar-refractivity contribution is 7.09. The fraction of sp³-hybridized carbons (Fsp3) is 0.692. The van der Waals surface area contributed by atoms with Gasteiger partial charge in [0.1, 0.15) is 0 Å². The summed E-state index contributed by atoms with van der Waals surface area (Å²) in [5.74, 6) is 1.06. The van der Waals surface area contributed by atoms with Gasteiger partial charge in [0.2, 0.25) is 0 Å². The zero-order valence-electron chi connectivity index (χ0n) is 9.54. The van der Waals surface area contributed by atoms with E-state index in [1.807, 2.05) is 11.3 Å². The summed E-state index contributed by atoms with van der Waals surface area (Å²) in [6, 6.07) is 5.12. The number of nitrogens with one attached hydrogen (secondary N) is 1. The van der Waals surface area contributed by atoms with Crippen molar-refractivity contribution in [1.82, 2.24) is 5.32 Å². The molecule has 0 spiro atoms. The quantitative estimate of drug-likeness (QED) is 0.746. The van der Waals surface area contributed by atoms with Gasteiger partial charge in [0.05, 0.1) is 0 Å². The van der Waals surface area contributed by atoms with Gasteiger partial charge in [0.15, 0.2) is 0 Å². The molecular weight excluding hydrogens is 202 g/mol. The number of hydrogen-bond acceptors (Lipinski definition) is 2. The van der Waals surface area contributed by atoms with Crippen LogP contribution in [0.25, 0.3) is 0 Å². The SMILES string of the molecule is CCNC(CCC1CC1)Cc1cccs1. The van der Waals surface area contributed by atoms with E-state index in [9.17, 15) is 0 Å². The van der Waals surface area contributed by atoms with Crippen molar-refractivity contribution in [1.29, 1.82) is 0 Å². The van der Waals surface area contributed by atoms with Gasteiger partial charge in [-0.15, -0.1) is 11.3 Å². The summed E-state index contributed by atoms with van der Waals surface area (Å²) < 4.78 is 0. The Labute approximate surface area is 96.9 Å². The monoisotopic (exact) mass is 223 g/mol.